The molecule has 2 rings (SSSR count). The highest BCUT2D eigenvalue weighted by Gasteiger charge is 2.13. The molecule has 0 aliphatic carbocycles. The second-order valence-corrected chi connectivity index (χ2v) is 5.87. The van der Waals surface area contributed by atoms with Gasteiger partial charge >= 0.3 is 0 Å². The van der Waals surface area contributed by atoms with Gasteiger partial charge in [-0.1, -0.05) is 18.2 Å². The second-order valence-electron chi connectivity index (χ2n) is 5.87. The van der Waals surface area contributed by atoms with Crippen molar-refractivity contribution in [3.63, 3.8) is 0 Å². The van der Waals surface area contributed by atoms with Crippen molar-refractivity contribution in [3.05, 3.63) is 58.7 Å². The largest absolute Gasteiger partial charge is 0.489 e. The van der Waals surface area contributed by atoms with Gasteiger partial charge in [-0.15, -0.1) is 0 Å². The third-order valence-electron chi connectivity index (χ3n) is 3.58. The van der Waals surface area contributed by atoms with Crippen molar-refractivity contribution in [2.75, 3.05) is 5.32 Å². The van der Waals surface area contributed by atoms with E-state index in [1.807, 2.05) is 64.1 Å². The van der Waals surface area contributed by atoms with E-state index in [-0.39, 0.29) is 12.0 Å². The molecule has 3 nitrogen and oxygen atoms in total. The fourth-order valence-corrected chi connectivity index (χ4v) is 2.32. The van der Waals surface area contributed by atoms with Gasteiger partial charge < -0.3 is 10.1 Å². The van der Waals surface area contributed by atoms with E-state index in [1.54, 1.807) is 0 Å². The van der Waals surface area contributed by atoms with E-state index in [9.17, 15) is 4.79 Å². The van der Waals surface area contributed by atoms with E-state index in [0.29, 0.717) is 17.0 Å². The van der Waals surface area contributed by atoms with Crippen LogP contribution in [0.15, 0.2) is 36.4 Å². The highest BCUT2D eigenvalue weighted by atomic mass is 16.5. The Balaban J connectivity index is 2.28. The lowest BCUT2D eigenvalue weighted by Gasteiger charge is -2.16. The second kappa shape index (κ2) is 6.65. The molecular formula is C19H23NO2. The minimum absolute atomic E-state index is 0.0569. The first-order valence-corrected chi connectivity index (χ1v) is 7.53. The molecule has 0 radical (unpaired) electrons. The molecule has 22 heavy (non-hydrogen) atoms. The van der Waals surface area contributed by atoms with Crippen molar-refractivity contribution in [1.82, 2.24) is 0 Å². The van der Waals surface area contributed by atoms with E-state index in [2.05, 4.69) is 12.2 Å². The normalized spacial score (nSPS) is 10.6. The maximum atomic E-state index is 12.6. The number of ether oxygens (including phenoxy) is 1. The lowest BCUT2D eigenvalue weighted by atomic mass is 10.0. The molecule has 1 amide bonds. The van der Waals surface area contributed by atoms with Crippen LogP contribution in [-0.2, 0) is 0 Å². The zero-order valence-corrected chi connectivity index (χ0v) is 13.9. The third-order valence-corrected chi connectivity index (χ3v) is 3.58. The van der Waals surface area contributed by atoms with Gasteiger partial charge in [0.1, 0.15) is 5.75 Å². The number of amides is 1. The summed E-state index contributed by atoms with van der Waals surface area (Å²) in [7, 11) is 0. The van der Waals surface area contributed by atoms with Crippen molar-refractivity contribution in [1.29, 1.82) is 0 Å². The van der Waals surface area contributed by atoms with E-state index in [1.165, 1.54) is 5.56 Å². The highest BCUT2D eigenvalue weighted by molar-refractivity contribution is 6.06. The van der Waals surface area contributed by atoms with Gasteiger partial charge in [0.2, 0.25) is 0 Å². The molecule has 116 valence electrons. The Morgan fingerprint density at radius 2 is 1.64 bits per heavy atom. The molecule has 0 bridgehead atoms. The first-order valence-electron chi connectivity index (χ1n) is 7.53. The molecule has 0 aromatic heterocycles. The Kier molecular flexibility index (Phi) is 4.86. The summed E-state index contributed by atoms with van der Waals surface area (Å²) < 4.78 is 5.74. The molecule has 0 saturated heterocycles. The van der Waals surface area contributed by atoms with Crippen LogP contribution in [0.5, 0.6) is 5.75 Å². The van der Waals surface area contributed by atoms with Crippen LogP contribution in [0.1, 0.15) is 40.9 Å². The fourth-order valence-electron chi connectivity index (χ4n) is 2.32. The average Bonchev–Trinajstić information content (AvgIpc) is 2.44. The lowest BCUT2D eigenvalue weighted by molar-refractivity contribution is 0.102. The number of hydrogen-bond acceptors (Lipinski definition) is 2. The quantitative estimate of drug-likeness (QED) is 0.892. The van der Waals surface area contributed by atoms with Crippen LogP contribution in [0.2, 0.25) is 0 Å². The van der Waals surface area contributed by atoms with Crippen molar-refractivity contribution < 1.29 is 9.53 Å². The van der Waals surface area contributed by atoms with E-state index in [4.69, 9.17) is 4.74 Å². The molecule has 2 aromatic carbocycles. The summed E-state index contributed by atoms with van der Waals surface area (Å²) in [5, 5.41) is 2.96. The highest BCUT2D eigenvalue weighted by Crippen LogP contribution is 2.26. The molecule has 0 unspecified atom stereocenters. The zero-order valence-electron chi connectivity index (χ0n) is 13.9. The number of carbonyl (C=O) groups excluding carboxylic acids is 1. The minimum Gasteiger partial charge on any atom is -0.489 e. The van der Waals surface area contributed by atoms with Gasteiger partial charge in [-0.05, 0) is 69.5 Å². The van der Waals surface area contributed by atoms with Crippen LogP contribution in [0.4, 0.5) is 5.69 Å². The Hall–Kier alpha value is -2.29. The number of para-hydroxylation sites is 2. The molecule has 0 aliphatic heterocycles. The van der Waals surface area contributed by atoms with Gasteiger partial charge in [-0.3, -0.25) is 4.79 Å². The van der Waals surface area contributed by atoms with Gasteiger partial charge in [0, 0.05) is 5.56 Å². The number of benzene rings is 2. The van der Waals surface area contributed by atoms with Crippen LogP contribution >= 0.6 is 0 Å². The summed E-state index contributed by atoms with van der Waals surface area (Å²) >= 11 is 0. The van der Waals surface area contributed by atoms with Crippen molar-refractivity contribution in [3.8, 4) is 5.75 Å². The number of rotatable bonds is 4. The minimum atomic E-state index is -0.111. The maximum absolute atomic E-state index is 12.6. The van der Waals surface area contributed by atoms with E-state index >= 15 is 0 Å². The molecule has 0 aliphatic rings. The Morgan fingerprint density at radius 3 is 2.32 bits per heavy atom. The van der Waals surface area contributed by atoms with Gasteiger partial charge in [0.05, 0.1) is 11.8 Å². The topological polar surface area (TPSA) is 38.3 Å². The van der Waals surface area contributed by atoms with Gasteiger partial charge in [0.25, 0.3) is 5.91 Å². The summed E-state index contributed by atoms with van der Waals surface area (Å²) in [5.74, 6) is 0.577. The summed E-state index contributed by atoms with van der Waals surface area (Å²) in [6.07, 6.45) is 0.0569. The molecule has 0 heterocycles. The van der Waals surface area contributed by atoms with Gasteiger partial charge in [-0.2, -0.15) is 0 Å². The van der Waals surface area contributed by atoms with Crippen LogP contribution in [0.25, 0.3) is 0 Å². The van der Waals surface area contributed by atoms with Crippen molar-refractivity contribution in [2.45, 2.75) is 40.7 Å². The SMILES string of the molecule is Cc1cc(C)c(C(=O)Nc2ccccc2OC(C)C)cc1C. The molecule has 0 saturated carbocycles. The molecule has 0 fully saturated rings. The van der Waals surface area contributed by atoms with Crippen LogP contribution in [-0.4, -0.2) is 12.0 Å². The smallest absolute Gasteiger partial charge is 0.256 e. The first-order chi connectivity index (χ1) is 10.4. The van der Waals surface area contributed by atoms with Crippen LogP contribution in [0, 0.1) is 20.8 Å². The maximum Gasteiger partial charge on any atom is 0.256 e. The fraction of sp³-hybridized carbons (Fsp3) is 0.316. The Labute approximate surface area is 132 Å². The van der Waals surface area contributed by atoms with E-state index < -0.39 is 0 Å². The molecule has 2 aromatic rings. The Bertz CT molecular complexity index is 690. The van der Waals surface area contributed by atoms with Crippen LogP contribution < -0.4 is 10.1 Å². The monoisotopic (exact) mass is 297 g/mol. The number of nitrogens with one attached hydrogen (secondary N) is 1. The average molecular weight is 297 g/mol. The predicted molar refractivity (Wildman–Crippen MR) is 90.8 cm³/mol. The summed E-state index contributed by atoms with van der Waals surface area (Å²) in [5.41, 5.74) is 4.67. The number of carbonyl (C=O) groups is 1. The van der Waals surface area contributed by atoms with Crippen LogP contribution in [0.3, 0.4) is 0 Å². The molecule has 0 spiro atoms. The predicted octanol–water partition coefficient (Wildman–Crippen LogP) is 4.65. The van der Waals surface area contributed by atoms with Gasteiger partial charge in [0.15, 0.2) is 0 Å². The lowest BCUT2D eigenvalue weighted by Crippen LogP contribution is -2.16. The zero-order chi connectivity index (χ0) is 16.3. The van der Waals surface area contributed by atoms with Gasteiger partial charge in [-0.25, -0.2) is 0 Å². The van der Waals surface area contributed by atoms with E-state index in [0.717, 1.165) is 11.1 Å². The third kappa shape index (κ3) is 3.67. The number of aryl methyl sites for hydroxylation is 3. The standard InChI is InChI=1S/C19H23NO2/c1-12(2)22-18-9-7-6-8-17(18)20-19(21)16-11-14(4)13(3)10-15(16)5/h6-12H,1-5H3,(H,20,21). The van der Waals surface area contributed by atoms with Crippen molar-refractivity contribution >= 4 is 11.6 Å². The van der Waals surface area contributed by atoms with Crippen molar-refractivity contribution in [2.24, 2.45) is 0 Å². The molecule has 0 atom stereocenters. The first kappa shape index (κ1) is 16.1. The molecular weight excluding hydrogens is 274 g/mol. The summed E-state index contributed by atoms with van der Waals surface area (Å²) in [4.78, 5) is 12.6. The summed E-state index contributed by atoms with van der Waals surface area (Å²) in [6, 6.07) is 11.5. The number of hydrogen-bond donors (Lipinski definition) is 1. The Morgan fingerprint density at radius 1 is 1.00 bits per heavy atom. The number of anilines is 1. The molecule has 1 N–H and O–H groups in total. The summed E-state index contributed by atoms with van der Waals surface area (Å²) in [6.45, 7) is 9.95. The molecule has 3 heteroatoms.